The second kappa shape index (κ2) is 7.66. The number of benzene rings is 1. The molecule has 1 aromatic rings. The highest BCUT2D eigenvalue weighted by atomic mass is 32.2. The molecule has 1 aliphatic rings. The van der Waals surface area contributed by atoms with Crippen LogP contribution in [0.3, 0.4) is 0 Å². The van der Waals surface area contributed by atoms with Gasteiger partial charge < -0.3 is 19.3 Å². The van der Waals surface area contributed by atoms with Crippen LogP contribution in [-0.4, -0.2) is 62.9 Å². The molecule has 1 saturated heterocycles. The summed E-state index contributed by atoms with van der Waals surface area (Å²) >= 11 is 1.66. The molecule has 0 bridgehead atoms. The van der Waals surface area contributed by atoms with Gasteiger partial charge in [0, 0.05) is 19.2 Å². The molecule has 2 rings (SSSR count). The zero-order chi connectivity index (χ0) is 17.9. The van der Waals surface area contributed by atoms with E-state index in [9.17, 15) is 4.79 Å². The van der Waals surface area contributed by atoms with Gasteiger partial charge in [-0.3, -0.25) is 4.79 Å². The minimum atomic E-state index is 0.00272. The van der Waals surface area contributed by atoms with Gasteiger partial charge >= 0.3 is 0 Å². The lowest BCUT2D eigenvalue weighted by Crippen LogP contribution is -2.41. The highest BCUT2D eigenvalue weighted by Crippen LogP contribution is 2.42. The van der Waals surface area contributed by atoms with E-state index >= 15 is 0 Å². The number of thioether (sulfide) groups is 1. The number of methoxy groups -OCH3 is 2. The van der Waals surface area contributed by atoms with Crippen LogP contribution in [0, 0.1) is 5.41 Å². The number of carbonyl (C=O) groups excluding carboxylic acids is 1. The van der Waals surface area contributed by atoms with Crippen molar-refractivity contribution in [3.05, 3.63) is 23.8 Å². The fourth-order valence-electron chi connectivity index (χ4n) is 3.24. The Labute approximate surface area is 149 Å². The van der Waals surface area contributed by atoms with Gasteiger partial charge in [0.05, 0.1) is 20.0 Å². The van der Waals surface area contributed by atoms with E-state index in [-0.39, 0.29) is 16.7 Å². The summed E-state index contributed by atoms with van der Waals surface area (Å²) in [7, 11) is 7.41. The Morgan fingerprint density at radius 3 is 2.29 bits per heavy atom. The van der Waals surface area contributed by atoms with Crippen molar-refractivity contribution in [2.45, 2.75) is 19.2 Å². The molecule has 0 N–H and O–H groups in total. The van der Waals surface area contributed by atoms with Gasteiger partial charge in [-0.05, 0) is 37.2 Å². The second-order valence-electron chi connectivity index (χ2n) is 7.23. The fraction of sp³-hybridized carbons (Fsp3) is 0.611. The van der Waals surface area contributed by atoms with E-state index in [1.165, 1.54) is 0 Å². The summed E-state index contributed by atoms with van der Waals surface area (Å²) in [4.78, 5) is 16.6. The van der Waals surface area contributed by atoms with Crippen molar-refractivity contribution >= 4 is 17.7 Å². The molecule has 1 fully saturated rings. The lowest BCUT2D eigenvalue weighted by Gasteiger charge is -2.35. The zero-order valence-corrected chi connectivity index (χ0v) is 16.3. The van der Waals surface area contributed by atoms with Gasteiger partial charge in [0.1, 0.15) is 16.9 Å². The van der Waals surface area contributed by atoms with E-state index < -0.39 is 0 Å². The summed E-state index contributed by atoms with van der Waals surface area (Å²) in [5.74, 6) is 2.20. The van der Waals surface area contributed by atoms with E-state index in [1.54, 1.807) is 26.0 Å². The van der Waals surface area contributed by atoms with E-state index in [0.717, 1.165) is 30.2 Å². The number of hydrogen-bond donors (Lipinski definition) is 0. The van der Waals surface area contributed by atoms with Crippen LogP contribution in [0.4, 0.5) is 0 Å². The molecule has 1 aromatic carbocycles. The minimum Gasteiger partial charge on any atom is -0.497 e. The van der Waals surface area contributed by atoms with Crippen LogP contribution < -0.4 is 9.47 Å². The van der Waals surface area contributed by atoms with E-state index in [0.29, 0.717) is 5.75 Å². The largest absolute Gasteiger partial charge is 0.497 e. The third-order valence-corrected chi connectivity index (χ3v) is 5.23. The molecule has 0 spiro atoms. The molecule has 1 aliphatic heterocycles. The molecule has 0 radical (unpaired) electrons. The summed E-state index contributed by atoms with van der Waals surface area (Å²) in [5, 5.41) is 0.00272. The average Bonchev–Trinajstić information content (AvgIpc) is 2.85. The van der Waals surface area contributed by atoms with Gasteiger partial charge in [0.25, 0.3) is 0 Å². The predicted octanol–water partition coefficient (Wildman–Crippen LogP) is 2.87. The summed E-state index contributed by atoms with van der Waals surface area (Å²) in [6, 6.07) is 5.83. The molecule has 0 aliphatic carbocycles. The summed E-state index contributed by atoms with van der Waals surface area (Å²) in [6.45, 7) is 6.05. The molecule has 0 aromatic heterocycles. The summed E-state index contributed by atoms with van der Waals surface area (Å²) in [5.41, 5.74) is 1.06. The quantitative estimate of drug-likeness (QED) is 0.755. The molecule has 1 unspecified atom stereocenters. The molecule has 134 valence electrons. The molecular formula is C18H28N2O3S. The average molecular weight is 353 g/mol. The van der Waals surface area contributed by atoms with Gasteiger partial charge in [-0.25, -0.2) is 0 Å². The standard InChI is InChI=1S/C18H28N2O3S/c1-18(2,11-19(3)4)12-20-16(21)10-24-17(20)13-7-14(22-5)9-15(8-13)23-6/h7-9,17H,10-12H2,1-6H3. The highest BCUT2D eigenvalue weighted by molar-refractivity contribution is 8.00. The Balaban J connectivity index is 2.27. The molecular weight excluding hydrogens is 324 g/mol. The van der Waals surface area contributed by atoms with Crippen molar-refractivity contribution in [2.24, 2.45) is 5.41 Å². The molecule has 1 amide bonds. The lowest BCUT2D eigenvalue weighted by molar-refractivity contribution is -0.129. The van der Waals surface area contributed by atoms with E-state index in [1.807, 2.05) is 23.1 Å². The third kappa shape index (κ3) is 4.57. The van der Waals surface area contributed by atoms with Crippen molar-refractivity contribution in [2.75, 3.05) is 47.2 Å². The number of nitrogens with zero attached hydrogens (tertiary/aromatic N) is 2. The molecule has 1 atom stereocenters. The predicted molar refractivity (Wildman–Crippen MR) is 98.8 cm³/mol. The van der Waals surface area contributed by atoms with Crippen LogP contribution >= 0.6 is 11.8 Å². The summed E-state index contributed by atoms with van der Waals surface area (Å²) < 4.78 is 10.7. The lowest BCUT2D eigenvalue weighted by atomic mass is 9.92. The summed E-state index contributed by atoms with van der Waals surface area (Å²) in [6.07, 6.45) is 0. The van der Waals surface area contributed by atoms with Crippen LogP contribution in [0.25, 0.3) is 0 Å². The van der Waals surface area contributed by atoms with Gasteiger partial charge in [0.15, 0.2) is 0 Å². The number of amides is 1. The Morgan fingerprint density at radius 2 is 1.79 bits per heavy atom. The molecule has 24 heavy (non-hydrogen) atoms. The molecule has 0 saturated carbocycles. The third-order valence-electron chi connectivity index (χ3n) is 3.97. The smallest absolute Gasteiger partial charge is 0.233 e. The van der Waals surface area contributed by atoms with Crippen molar-refractivity contribution in [3.63, 3.8) is 0 Å². The first-order valence-electron chi connectivity index (χ1n) is 8.04. The van der Waals surface area contributed by atoms with Crippen LogP contribution in [0.1, 0.15) is 24.8 Å². The van der Waals surface area contributed by atoms with Crippen LogP contribution in [0.5, 0.6) is 11.5 Å². The second-order valence-corrected chi connectivity index (χ2v) is 8.30. The first kappa shape index (κ1) is 18.9. The van der Waals surface area contributed by atoms with Gasteiger partial charge in [0.2, 0.25) is 5.91 Å². The maximum absolute atomic E-state index is 12.5. The maximum Gasteiger partial charge on any atom is 0.233 e. The topological polar surface area (TPSA) is 42.0 Å². The number of hydrogen-bond acceptors (Lipinski definition) is 5. The fourth-order valence-corrected chi connectivity index (χ4v) is 4.41. The Kier molecular flexibility index (Phi) is 6.04. The van der Waals surface area contributed by atoms with Gasteiger partial charge in [-0.2, -0.15) is 0 Å². The number of rotatable bonds is 7. The Bertz CT molecular complexity index is 567. The maximum atomic E-state index is 12.5. The first-order valence-corrected chi connectivity index (χ1v) is 9.09. The number of carbonyl (C=O) groups is 1. The number of ether oxygens (including phenoxy) is 2. The van der Waals surface area contributed by atoms with Gasteiger partial charge in [-0.1, -0.05) is 13.8 Å². The van der Waals surface area contributed by atoms with Crippen LogP contribution in [0.2, 0.25) is 0 Å². The molecule has 6 heteroatoms. The van der Waals surface area contributed by atoms with E-state index in [4.69, 9.17) is 9.47 Å². The van der Waals surface area contributed by atoms with Gasteiger partial charge in [-0.15, -0.1) is 11.8 Å². The Morgan fingerprint density at radius 1 is 1.21 bits per heavy atom. The van der Waals surface area contributed by atoms with Crippen molar-refractivity contribution < 1.29 is 14.3 Å². The van der Waals surface area contributed by atoms with Crippen LogP contribution in [-0.2, 0) is 4.79 Å². The Hall–Kier alpha value is -1.40. The molecule has 5 nitrogen and oxygen atoms in total. The van der Waals surface area contributed by atoms with Crippen LogP contribution in [0.15, 0.2) is 18.2 Å². The molecule has 1 heterocycles. The monoisotopic (exact) mass is 352 g/mol. The highest BCUT2D eigenvalue weighted by Gasteiger charge is 2.37. The SMILES string of the molecule is COc1cc(OC)cc(C2SCC(=O)N2CC(C)(C)CN(C)C)c1. The van der Waals surface area contributed by atoms with Crippen molar-refractivity contribution in [1.29, 1.82) is 0 Å². The minimum absolute atomic E-state index is 0.00272. The van der Waals surface area contributed by atoms with E-state index in [2.05, 4.69) is 32.8 Å². The normalized spacial score (nSPS) is 18.4. The van der Waals surface area contributed by atoms with Crippen molar-refractivity contribution in [3.8, 4) is 11.5 Å². The van der Waals surface area contributed by atoms with Crippen molar-refractivity contribution in [1.82, 2.24) is 9.80 Å². The first-order chi connectivity index (χ1) is 11.3. The zero-order valence-electron chi connectivity index (χ0n) is 15.5.